The second-order valence-electron chi connectivity index (χ2n) is 1.06. The summed E-state index contributed by atoms with van der Waals surface area (Å²) in [7, 11) is 0.109. The van der Waals surface area contributed by atoms with Crippen LogP contribution in [0.1, 0.15) is 0 Å². The van der Waals surface area contributed by atoms with Crippen LogP contribution in [-0.2, 0) is 15.7 Å². The van der Waals surface area contributed by atoms with E-state index in [0.717, 1.165) is 0 Å². The van der Waals surface area contributed by atoms with Gasteiger partial charge < -0.3 is 10.5 Å². The van der Waals surface area contributed by atoms with Crippen molar-refractivity contribution in [2.75, 3.05) is 13.4 Å². The first kappa shape index (κ1) is 7.42. The Bertz CT molecular complexity index is 122. The average Bonchev–Trinajstić information content (AvgIpc) is 1.65. The number of hydrogen-bond acceptors (Lipinski definition) is 2. The second kappa shape index (κ2) is 3.43. The van der Waals surface area contributed by atoms with Crippen LogP contribution < -0.4 is 5.73 Å². The Morgan fingerprint density at radius 3 is 2.50 bits per heavy atom. The summed E-state index contributed by atoms with van der Waals surface area (Å²) < 4.78 is 17.9. The summed E-state index contributed by atoms with van der Waals surface area (Å²) in [6.45, 7) is 0. The monoisotopic (exact) mass is 136 g/mol. The zero-order valence-corrected chi connectivity index (χ0v) is 5.57. The Morgan fingerprint density at radius 2 is 2.38 bits per heavy atom. The van der Waals surface area contributed by atoms with Crippen LogP contribution in [0.25, 0.3) is 0 Å². The average molecular weight is 136 g/mol. The van der Waals surface area contributed by atoms with Crippen LogP contribution in [0.3, 0.4) is 0 Å². The van der Waals surface area contributed by atoms with Gasteiger partial charge in [-0.05, 0) is 0 Å². The zero-order valence-electron chi connectivity index (χ0n) is 4.75. The maximum Gasteiger partial charge on any atom is 0.295 e. The van der Waals surface area contributed by atoms with Crippen LogP contribution in [0.2, 0.25) is 0 Å². The molecular formula is C3H8N2O2S. The molecule has 4 nitrogen and oxygen atoms in total. The maximum absolute atomic E-state index is 10.2. The maximum atomic E-state index is 10.2. The zero-order chi connectivity index (χ0) is 6.57. The molecule has 1 atom stereocenters. The molecule has 48 valence electrons. The molecule has 0 aliphatic rings. The molecule has 0 heterocycles. The van der Waals surface area contributed by atoms with Crippen LogP contribution in [-0.4, -0.2) is 23.6 Å². The molecule has 0 aliphatic heterocycles. The van der Waals surface area contributed by atoms with Crippen molar-refractivity contribution in [3.8, 4) is 0 Å². The first-order valence-electron chi connectivity index (χ1n) is 1.88. The van der Waals surface area contributed by atoms with Gasteiger partial charge in [0.15, 0.2) is 0 Å². The molecule has 5 heteroatoms. The third kappa shape index (κ3) is 3.60. The molecule has 0 fully saturated rings. The van der Waals surface area contributed by atoms with Crippen LogP contribution >= 0.6 is 0 Å². The number of rotatable bonds is 1. The molecule has 0 aromatic rings. The van der Waals surface area contributed by atoms with Crippen molar-refractivity contribution < 1.29 is 8.95 Å². The summed E-state index contributed by atoms with van der Waals surface area (Å²) in [5, 5.41) is 0. The number of hydrogen-bond donors (Lipinski definition) is 1. The van der Waals surface area contributed by atoms with Crippen molar-refractivity contribution in [1.82, 2.24) is 0 Å². The predicted molar refractivity (Wildman–Crippen MR) is 32.7 cm³/mol. The molecule has 0 spiro atoms. The summed E-state index contributed by atoms with van der Waals surface area (Å²) >= 11 is 0. The first-order valence-corrected chi connectivity index (χ1v) is 3.40. The normalized spacial score (nSPS) is 15.5. The molecule has 0 rings (SSSR count). The molecule has 0 amide bonds. The highest BCUT2D eigenvalue weighted by Crippen LogP contribution is 1.75. The Labute approximate surface area is 50.3 Å². The molecular weight excluding hydrogens is 128 g/mol. The highest BCUT2D eigenvalue weighted by atomic mass is 32.2. The topological polar surface area (TPSA) is 64.7 Å². The summed E-state index contributed by atoms with van der Waals surface area (Å²) in [6.07, 6.45) is 1.41. The fraction of sp³-hybridized carbons (Fsp3) is 0.667. The fourth-order valence-corrected chi connectivity index (χ4v) is 0.492. The molecule has 0 aromatic carbocycles. The summed E-state index contributed by atoms with van der Waals surface area (Å²) in [5.41, 5.74) is 5.01. The molecule has 0 saturated heterocycles. The van der Waals surface area contributed by atoms with E-state index in [-0.39, 0.29) is 6.02 Å². The van der Waals surface area contributed by atoms with Gasteiger partial charge in [0.1, 0.15) is 11.0 Å². The van der Waals surface area contributed by atoms with Crippen molar-refractivity contribution in [3.63, 3.8) is 0 Å². The minimum absolute atomic E-state index is 0.0502. The lowest BCUT2D eigenvalue weighted by molar-refractivity contribution is 0.398. The van der Waals surface area contributed by atoms with E-state index in [1.807, 2.05) is 0 Å². The lowest BCUT2D eigenvalue weighted by Gasteiger charge is -1.91. The Balaban J connectivity index is 3.75. The van der Waals surface area contributed by atoms with Gasteiger partial charge in [-0.2, -0.15) is 0 Å². The fourth-order valence-electron chi connectivity index (χ4n) is 0.164. The largest absolute Gasteiger partial charge is 0.468 e. The van der Waals surface area contributed by atoms with Crippen molar-refractivity contribution >= 4 is 17.0 Å². The Kier molecular flexibility index (Phi) is 3.18. The number of amidine groups is 1. The predicted octanol–water partition coefficient (Wildman–Crippen LogP) is -0.759. The lowest BCUT2D eigenvalue weighted by atomic mass is 11.2. The first-order chi connectivity index (χ1) is 3.66. The third-order valence-electron chi connectivity index (χ3n) is 0.428. The van der Waals surface area contributed by atoms with Gasteiger partial charge in [-0.3, -0.25) is 0 Å². The molecule has 0 bridgehead atoms. The van der Waals surface area contributed by atoms with Crippen molar-refractivity contribution in [2.45, 2.75) is 0 Å². The molecule has 0 aromatic heterocycles. The number of methoxy groups -OCH3 is 1. The van der Waals surface area contributed by atoms with Crippen molar-refractivity contribution in [2.24, 2.45) is 10.1 Å². The van der Waals surface area contributed by atoms with E-state index in [1.165, 1.54) is 13.4 Å². The van der Waals surface area contributed by atoms with Gasteiger partial charge in [0, 0.05) is 6.26 Å². The van der Waals surface area contributed by atoms with E-state index in [4.69, 9.17) is 5.73 Å². The van der Waals surface area contributed by atoms with E-state index < -0.39 is 11.0 Å². The van der Waals surface area contributed by atoms with Gasteiger partial charge in [-0.1, -0.05) is 0 Å². The van der Waals surface area contributed by atoms with Crippen LogP contribution in [0.5, 0.6) is 0 Å². The highest BCUT2D eigenvalue weighted by Gasteiger charge is 1.86. The number of nitrogens with zero attached hydrogens (tertiary/aromatic N) is 1. The summed E-state index contributed by atoms with van der Waals surface area (Å²) in [4.78, 5) is 0. The van der Waals surface area contributed by atoms with Gasteiger partial charge >= 0.3 is 0 Å². The van der Waals surface area contributed by atoms with Crippen molar-refractivity contribution in [3.05, 3.63) is 0 Å². The molecule has 0 saturated carbocycles. The molecule has 0 radical (unpaired) electrons. The Hall–Kier alpha value is -0.580. The minimum atomic E-state index is -1.26. The van der Waals surface area contributed by atoms with Gasteiger partial charge in [-0.15, -0.1) is 4.40 Å². The van der Waals surface area contributed by atoms with E-state index in [0.29, 0.717) is 0 Å². The quantitative estimate of drug-likeness (QED) is 0.380. The number of nitrogens with two attached hydrogens (primary N) is 1. The van der Waals surface area contributed by atoms with Crippen LogP contribution in [0, 0.1) is 0 Å². The second-order valence-corrected chi connectivity index (χ2v) is 2.09. The van der Waals surface area contributed by atoms with Crippen LogP contribution in [0.4, 0.5) is 0 Å². The van der Waals surface area contributed by atoms with Gasteiger partial charge in [0.2, 0.25) is 0 Å². The van der Waals surface area contributed by atoms with Gasteiger partial charge in [-0.25, -0.2) is 4.21 Å². The van der Waals surface area contributed by atoms with E-state index in [2.05, 4.69) is 9.13 Å². The Morgan fingerprint density at radius 1 is 1.88 bits per heavy atom. The van der Waals surface area contributed by atoms with Crippen LogP contribution in [0.15, 0.2) is 4.40 Å². The molecule has 1 unspecified atom stereocenters. The number of ether oxygens (including phenoxy) is 1. The minimum Gasteiger partial charge on any atom is -0.468 e. The van der Waals surface area contributed by atoms with Gasteiger partial charge in [0.05, 0.1) is 7.11 Å². The van der Waals surface area contributed by atoms with E-state index in [1.54, 1.807) is 0 Å². The lowest BCUT2D eigenvalue weighted by Crippen LogP contribution is -2.14. The molecule has 0 aliphatic carbocycles. The molecule has 8 heavy (non-hydrogen) atoms. The van der Waals surface area contributed by atoms with Crippen molar-refractivity contribution in [1.29, 1.82) is 0 Å². The summed E-state index contributed by atoms with van der Waals surface area (Å²) in [5.74, 6) is 0. The van der Waals surface area contributed by atoms with E-state index in [9.17, 15) is 4.21 Å². The standard InChI is InChI=1S/C3H8N2O2S/c1-7-3(4)5-8(2)6/h1-2H3,(H2,4,5). The summed E-state index contributed by atoms with van der Waals surface area (Å²) in [6, 6.07) is -0.0502. The van der Waals surface area contributed by atoms with Gasteiger partial charge in [0.25, 0.3) is 6.02 Å². The highest BCUT2D eigenvalue weighted by molar-refractivity contribution is 7.83. The third-order valence-corrected chi connectivity index (χ3v) is 0.865. The molecule has 2 N–H and O–H groups in total. The van der Waals surface area contributed by atoms with E-state index >= 15 is 0 Å². The smallest absolute Gasteiger partial charge is 0.295 e. The SMILES string of the molecule is COC(N)=NS(C)=O.